The normalized spacial score (nSPS) is 16.6. The van der Waals surface area contributed by atoms with Crippen molar-refractivity contribution in [1.29, 1.82) is 0 Å². The van der Waals surface area contributed by atoms with E-state index in [2.05, 4.69) is 5.32 Å². The molecule has 0 aromatic heterocycles. The molecule has 0 spiro atoms. The number of carboxylic acids is 1. The molecule has 1 heterocycles. The molecule has 2 rings (SSSR count). The van der Waals surface area contributed by atoms with Crippen LogP contribution in [0.25, 0.3) is 0 Å². The van der Waals surface area contributed by atoms with Gasteiger partial charge in [0, 0.05) is 11.3 Å². The van der Waals surface area contributed by atoms with Crippen LogP contribution in [0.4, 0.5) is 5.69 Å². The molecule has 1 unspecified atom stereocenters. The van der Waals surface area contributed by atoms with Crippen molar-refractivity contribution in [2.45, 2.75) is 38.6 Å². The lowest BCUT2D eigenvalue weighted by atomic mass is 10.1. The molecule has 0 bridgehead atoms. The van der Waals surface area contributed by atoms with Gasteiger partial charge in [-0.25, -0.2) is 0 Å². The van der Waals surface area contributed by atoms with Crippen molar-refractivity contribution in [2.24, 2.45) is 0 Å². The van der Waals surface area contributed by atoms with Gasteiger partial charge in [0.25, 0.3) is 0 Å². The van der Waals surface area contributed by atoms with E-state index in [1.807, 2.05) is 4.90 Å². The van der Waals surface area contributed by atoms with Crippen molar-refractivity contribution in [1.82, 2.24) is 4.90 Å². The van der Waals surface area contributed by atoms with Crippen molar-refractivity contribution in [3.05, 3.63) is 29.8 Å². The molecule has 6 nitrogen and oxygen atoms in total. The Hall–Kier alpha value is -2.21. The maximum absolute atomic E-state index is 12.2. The first kappa shape index (κ1) is 17.1. The predicted molar refractivity (Wildman–Crippen MR) is 86.5 cm³/mol. The highest BCUT2D eigenvalue weighted by molar-refractivity contribution is 5.98. The van der Waals surface area contributed by atoms with Gasteiger partial charge in [0.05, 0.1) is 6.42 Å². The van der Waals surface area contributed by atoms with Crippen LogP contribution in [0.15, 0.2) is 24.3 Å². The van der Waals surface area contributed by atoms with Crippen LogP contribution in [0.3, 0.4) is 0 Å². The first-order valence-electron chi connectivity index (χ1n) is 7.85. The maximum atomic E-state index is 12.2. The fourth-order valence-corrected chi connectivity index (χ4v) is 2.81. The zero-order chi connectivity index (χ0) is 16.8. The van der Waals surface area contributed by atoms with Crippen LogP contribution in [0.5, 0.6) is 0 Å². The number of carbonyl (C=O) groups excluding carboxylic acids is 2. The van der Waals surface area contributed by atoms with Gasteiger partial charge in [-0.05, 0) is 45.0 Å². The van der Waals surface area contributed by atoms with E-state index in [1.54, 1.807) is 24.3 Å². The molecular formula is C17H22N2O4. The number of amides is 1. The molecule has 6 heteroatoms. The number of anilines is 1. The number of likely N-dealkylation sites (tertiary alicyclic amines) is 1. The third-order valence-electron chi connectivity index (χ3n) is 4.05. The molecule has 1 aliphatic heterocycles. The van der Waals surface area contributed by atoms with E-state index < -0.39 is 12.0 Å². The van der Waals surface area contributed by atoms with Crippen LogP contribution in [-0.4, -0.2) is 46.8 Å². The Bertz CT molecular complexity index is 594. The lowest BCUT2D eigenvalue weighted by molar-refractivity contribution is -0.145. The molecule has 1 atom stereocenters. The van der Waals surface area contributed by atoms with E-state index in [4.69, 9.17) is 0 Å². The van der Waals surface area contributed by atoms with Gasteiger partial charge in [-0.15, -0.1) is 0 Å². The van der Waals surface area contributed by atoms with Crippen molar-refractivity contribution in [3.8, 4) is 0 Å². The Balaban J connectivity index is 2.00. The molecule has 1 aliphatic rings. The van der Waals surface area contributed by atoms with Crippen molar-refractivity contribution < 1.29 is 19.5 Å². The summed E-state index contributed by atoms with van der Waals surface area (Å²) in [5.41, 5.74) is 1.01. The number of ketones is 1. The Kier molecular flexibility index (Phi) is 5.87. The standard InChI is InChI=1S/C17H22N2O4/c1-12(20)13-6-5-7-14(10-13)18-16(21)11-15(17(22)23)19-8-3-2-4-9-19/h5-7,10,15H,2-4,8-9,11H2,1H3,(H,18,21)(H,22,23). The minimum atomic E-state index is -0.973. The molecular weight excluding hydrogens is 296 g/mol. The number of piperidine rings is 1. The number of nitrogens with zero attached hydrogens (tertiary/aromatic N) is 1. The van der Waals surface area contributed by atoms with E-state index in [0.29, 0.717) is 24.3 Å². The van der Waals surface area contributed by atoms with Crippen LogP contribution in [-0.2, 0) is 9.59 Å². The third kappa shape index (κ3) is 4.89. The minimum Gasteiger partial charge on any atom is -0.480 e. The zero-order valence-corrected chi connectivity index (χ0v) is 13.2. The molecule has 1 amide bonds. The molecule has 0 radical (unpaired) electrons. The minimum absolute atomic E-state index is 0.0853. The molecule has 1 aromatic rings. The van der Waals surface area contributed by atoms with E-state index >= 15 is 0 Å². The Morgan fingerprint density at radius 1 is 1.22 bits per heavy atom. The summed E-state index contributed by atoms with van der Waals surface area (Å²) in [6.45, 7) is 2.88. The van der Waals surface area contributed by atoms with Crippen LogP contribution in [0.2, 0.25) is 0 Å². The quantitative estimate of drug-likeness (QED) is 0.785. The number of hydrogen-bond acceptors (Lipinski definition) is 4. The van der Waals surface area contributed by atoms with E-state index in [1.165, 1.54) is 6.92 Å². The predicted octanol–water partition coefficient (Wildman–Crippen LogP) is 2.16. The average molecular weight is 318 g/mol. The molecule has 0 saturated carbocycles. The lowest BCUT2D eigenvalue weighted by Gasteiger charge is -2.31. The zero-order valence-electron chi connectivity index (χ0n) is 13.2. The summed E-state index contributed by atoms with van der Waals surface area (Å²) in [4.78, 5) is 36.8. The van der Waals surface area contributed by atoms with E-state index in [0.717, 1.165) is 19.3 Å². The Labute approximate surface area is 135 Å². The first-order valence-corrected chi connectivity index (χ1v) is 7.85. The van der Waals surface area contributed by atoms with Gasteiger partial charge in [-0.2, -0.15) is 0 Å². The summed E-state index contributed by atoms with van der Waals surface area (Å²) >= 11 is 0. The van der Waals surface area contributed by atoms with Gasteiger partial charge in [-0.1, -0.05) is 18.6 Å². The highest BCUT2D eigenvalue weighted by atomic mass is 16.4. The van der Waals surface area contributed by atoms with Crippen LogP contribution in [0, 0.1) is 0 Å². The second-order valence-corrected chi connectivity index (χ2v) is 5.84. The monoisotopic (exact) mass is 318 g/mol. The number of hydrogen-bond donors (Lipinski definition) is 2. The maximum Gasteiger partial charge on any atom is 0.321 e. The molecule has 23 heavy (non-hydrogen) atoms. The average Bonchev–Trinajstić information content (AvgIpc) is 2.53. The van der Waals surface area contributed by atoms with E-state index in [-0.39, 0.29) is 18.1 Å². The van der Waals surface area contributed by atoms with Crippen molar-refractivity contribution >= 4 is 23.3 Å². The summed E-state index contributed by atoms with van der Waals surface area (Å²) in [6.07, 6.45) is 2.94. The number of carboxylic acid groups (broad SMARTS) is 1. The SMILES string of the molecule is CC(=O)c1cccc(NC(=O)CC(C(=O)O)N2CCCCC2)c1. The molecule has 2 N–H and O–H groups in total. The summed E-state index contributed by atoms with van der Waals surface area (Å²) in [7, 11) is 0. The topological polar surface area (TPSA) is 86.7 Å². The molecule has 1 saturated heterocycles. The van der Waals surface area contributed by atoms with Crippen molar-refractivity contribution in [3.63, 3.8) is 0 Å². The fourth-order valence-electron chi connectivity index (χ4n) is 2.81. The molecule has 0 aliphatic carbocycles. The second kappa shape index (κ2) is 7.87. The number of benzene rings is 1. The Morgan fingerprint density at radius 2 is 1.91 bits per heavy atom. The largest absolute Gasteiger partial charge is 0.480 e. The van der Waals surface area contributed by atoms with Crippen LogP contribution in [0.1, 0.15) is 43.0 Å². The Morgan fingerprint density at radius 3 is 2.52 bits per heavy atom. The number of aliphatic carboxylic acids is 1. The third-order valence-corrected chi connectivity index (χ3v) is 4.05. The number of carbonyl (C=O) groups is 3. The van der Waals surface area contributed by atoms with Crippen molar-refractivity contribution in [2.75, 3.05) is 18.4 Å². The van der Waals surface area contributed by atoms with Gasteiger partial charge in [0.15, 0.2) is 5.78 Å². The van der Waals surface area contributed by atoms with Gasteiger partial charge < -0.3 is 10.4 Å². The second-order valence-electron chi connectivity index (χ2n) is 5.84. The lowest BCUT2D eigenvalue weighted by Crippen LogP contribution is -2.45. The molecule has 1 fully saturated rings. The summed E-state index contributed by atoms with van der Waals surface area (Å²) < 4.78 is 0. The fraction of sp³-hybridized carbons (Fsp3) is 0.471. The van der Waals surface area contributed by atoms with Crippen LogP contribution < -0.4 is 5.32 Å². The molecule has 124 valence electrons. The summed E-state index contributed by atoms with van der Waals surface area (Å²) in [6, 6.07) is 5.83. The number of rotatable bonds is 6. The first-order chi connectivity index (χ1) is 11.0. The highest BCUT2D eigenvalue weighted by Gasteiger charge is 2.29. The summed E-state index contributed by atoms with van der Waals surface area (Å²) in [5.74, 6) is -1.42. The van der Waals surface area contributed by atoms with Gasteiger partial charge in [-0.3, -0.25) is 19.3 Å². The smallest absolute Gasteiger partial charge is 0.321 e. The number of nitrogens with one attached hydrogen (secondary N) is 1. The van der Waals surface area contributed by atoms with Gasteiger partial charge in [0.1, 0.15) is 6.04 Å². The van der Waals surface area contributed by atoms with Gasteiger partial charge in [0.2, 0.25) is 5.91 Å². The van der Waals surface area contributed by atoms with E-state index in [9.17, 15) is 19.5 Å². The highest BCUT2D eigenvalue weighted by Crippen LogP contribution is 2.16. The van der Waals surface area contributed by atoms with Crippen LogP contribution >= 0.6 is 0 Å². The van der Waals surface area contributed by atoms with Gasteiger partial charge >= 0.3 is 5.97 Å². The number of Topliss-reactive ketones (excluding diaryl/α,β-unsaturated/α-hetero) is 1. The molecule has 1 aromatic carbocycles. The summed E-state index contributed by atoms with van der Waals surface area (Å²) in [5, 5.41) is 12.1.